The second-order valence-corrected chi connectivity index (χ2v) is 4.96. The largest absolute Gasteiger partial charge is 0.493 e. The molecule has 3 aromatic rings. The summed E-state index contributed by atoms with van der Waals surface area (Å²) in [7, 11) is 3.20. The van der Waals surface area contributed by atoms with Gasteiger partial charge in [0.25, 0.3) is 0 Å². The van der Waals surface area contributed by atoms with E-state index in [1.54, 1.807) is 20.5 Å². The van der Waals surface area contributed by atoms with E-state index < -0.39 is 0 Å². The van der Waals surface area contributed by atoms with Crippen molar-refractivity contribution in [2.45, 2.75) is 11.7 Å². The van der Waals surface area contributed by atoms with Crippen molar-refractivity contribution in [2.24, 2.45) is 0 Å². The van der Waals surface area contributed by atoms with Crippen molar-refractivity contribution in [2.75, 3.05) is 14.2 Å². The van der Waals surface area contributed by atoms with Crippen LogP contribution in [0.5, 0.6) is 11.5 Å². The normalized spacial score (nSPS) is 10.7. The average molecular weight is 317 g/mol. The van der Waals surface area contributed by atoms with E-state index in [-0.39, 0.29) is 0 Å². The summed E-state index contributed by atoms with van der Waals surface area (Å²) < 4.78 is 17.8. The summed E-state index contributed by atoms with van der Waals surface area (Å²) in [6, 6.07) is 9.32. The third kappa shape index (κ3) is 2.67. The van der Waals surface area contributed by atoms with Gasteiger partial charge >= 0.3 is 0 Å². The summed E-state index contributed by atoms with van der Waals surface area (Å²) >= 11 is 4.36. The minimum absolute atomic E-state index is 0.502. The summed E-state index contributed by atoms with van der Waals surface area (Å²) in [5, 5.41) is 8.75. The first-order valence-electron chi connectivity index (χ1n) is 6.60. The van der Waals surface area contributed by atoms with Crippen LogP contribution < -0.4 is 9.47 Å². The molecule has 0 amide bonds. The fraction of sp³-hybridized carbons (Fsp3) is 0.200. The minimum atomic E-state index is 0.502. The number of ether oxygens (including phenoxy) is 2. The van der Waals surface area contributed by atoms with Crippen LogP contribution in [0.2, 0.25) is 0 Å². The SMILES string of the molecule is COc1ccc(-c2nnc(S)n2Cc2ccco2)cc1OC. The first-order chi connectivity index (χ1) is 10.7. The molecule has 114 valence electrons. The van der Waals surface area contributed by atoms with Crippen LogP contribution in [0, 0.1) is 0 Å². The fourth-order valence-electron chi connectivity index (χ4n) is 2.19. The topological polar surface area (TPSA) is 62.3 Å². The summed E-state index contributed by atoms with van der Waals surface area (Å²) in [6.07, 6.45) is 1.63. The van der Waals surface area contributed by atoms with E-state index in [4.69, 9.17) is 13.9 Å². The molecular formula is C15H15N3O3S. The molecule has 1 aromatic carbocycles. The quantitative estimate of drug-likeness (QED) is 0.733. The van der Waals surface area contributed by atoms with Crippen molar-refractivity contribution in [1.82, 2.24) is 14.8 Å². The van der Waals surface area contributed by atoms with E-state index in [2.05, 4.69) is 22.8 Å². The number of nitrogens with zero attached hydrogens (tertiary/aromatic N) is 3. The van der Waals surface area contributed by atoms with E-state index in [1.165, 1.54) is 0 Å². The Labute approximate surface area is 133 Å². The fourth-order valence-corrected chi connectivity index (χ4v) is 2.40. The van der Waals surface area contributed by atoms with Gasteiger partial charge in [0.2, 0.25) is 0 Å². The van der Waals surface area contributed by atoms with Crippen molar-refractivity contribution < 1.29 is 13.9 Å². The molecular weight excluding hydrogens is 302 g/mol. The minimum Gasteiger partial charge on any atom is -0.493 e. The number of furan rings is 1. The highest BCUT2D eigenvalue weighted by atomic mass is 32.1. The maximum Gasteiger partial charge on any atom is 0.188 e. The van der Waals surface area contributed by atoms with Gasteiger partial charge in [0.05, 0.1) is 27.0 Å². The van der Waals surface area contributed by atoms with Gasteiger partial charge in [0, 0.05) is 5.56 Å². The van der Waals surface area contributed by atoms with Crippen LogP contribution in [-0.4, -0.2) is 29.0 Å². The highest BCUT2D eigenvalue weighted by Crippen LogP contribution is 2.32. The van der Waals surface area contributed by atoms with Gasteiger partial charge in [0.1, 0.15) is 5.76 Å². The zero-order chi connectivity index (χ0) is 15.5. The number of hydrogen-bond acceptors (Lipinski definition) is 6. The molecule has 0 radical (unpaired) electrons. The highest BCUT2D eigenvalue weighted by Gasteiger charge is 2.15. The molecule has 7 heteroatoms. The molecule has 0 aliphatic carbocycles. The Morgan fingerprint density at radius 3 is 2.64 bits per heavy atom. The molecule has 0 atom stereocenters. The number of hydrogen-bond donors (Lipinski definition) is 1. The van der Waals surface area contributed by atoms with Crippen molar-refractivity contribution in [1.29, 1.82) is 0 Å². The molecule has 0 aliphatic rings. The van der Waals surface area contributed by atoms with Crippen LogP contribution in [0.3, 0.4) is 0 Å². The Morgan fingerprint density at radius 2 is 1.95 bits per heavy atom. The number of methoxy groups -OCH3 is 2. The van der Waals surface area contributed by atoms with E-state index in [0.29, 0.717) is 29.0 Å². The Hall–Kier alpha value is -2.41. The second-order valence-electron chi connectivity index (χ2n) is 4.56. The van der Waals surface area contributed by atoms with Gasteiger partial charge in [-0.2, -0.15) is 0 Å². The number of aromatic nitrogens is 3. The maximum absolute atomic E-state index is 5.38. The van der Waals surface area contributed by atoms with Gasteiger partial charge in [-0.25, -0.2) is 0 Å². The van der Waals surface area contributed by atoms with Crippen molar-refractivity contribution >= 4 is 12.6 Å². The van der Waals surface area contributed by atoms with Crippen LogP contribution >= 0.6 is 12.6 Å². The van der Waals surface area contributed by atoms with Gasteiger partial charge in [0.15, 0.2) is 22.5 Å². The molecule has 3 rings (SSSR count). The lowest BCUT2D eigenvalue weighted by Crippen LogP contribution is -2.02. The summed E-state index contributed by atoms with van der Waals surface area (Å²) in [4.78, 5) is 0. The van der Waals surface area contributed by atoms with Gasteiger partial charge in [-0.05, 0) is 30.3 Å². The van der Waals surface area contributed by atoms with Gasteiger partial charge < -0.3 is 13.9 Å². The van der Waals surface area contributed by atoms with Crippen LogP contribution in [0.25, 0.3) is 11.4 Å². The molecule has 0 aliphatic heterocycles. The van der Waals surface area contributed by atoms with E-state index >= 15 is 0 Å². The first kappa shape index (κ1) is 14.5. The third-order valence-electron chi connectivity index (χ3n) is 3.27. The lowest BCUT2D eigenvalue weighted by Gasteiger charge is -2.10. The molecule has 0 bridgehead atoms. The Morgan fingerprint density at radius 1 is 1.14 bits per heavy atom. The Kier molecular flexibility index (Phi) is 4.06. The molecule has 0 saturated heterocycles. The maximum atomic E-state index is 5.38. The molecule has 0 saturated carbocycles. The Bertz CT molecular complexity index is 768. The summed E-state index contributed by atoms with van der Waals surface area (Å²) in [5.41, 5.74) is 0.858. The molecule has 22 heavy (non-hydrogen) atoms. The van der Waals surface area contributed by atoms with Crippen LogP contribution in [0.1, 0.15) is 5.76 Å². The second kappa shape index (κ2) is 6.15. The standard InChI is InChI=1S/C15H15N3O3S/c1-19-12-6-5-10(8-13(12)20-2)14-16-17-15(22)18(14)9-11-4-3-7-21-11/h3-8H,9H2,1-2H3,(H,17,22). The molecule has 2 aromatic heterocycles. The number of thiol groups is 1. The molecule has 6 nitrogen and oxygen atoms in total. The molecule has 0 N–H and O–H groups in total. The van der Waals surface area contributed by atoms with Crippen molar-refractivity contribution in [3.8, 4) is 22.9 Å². The highest BCUT2D eigenvalue weighted by molar-refractivity contribution is 7.80. The molecule has 0 spiro atoms. The lowest BCUT2D eigenvalue weighted by molar-refractivity contribution is 0.355. The van der Waals surface area contributed by atoms with Crippen LogP contribution in [-0.2, 0) is 6.54 Å². The van der Waals surface area contributed by atoms with Crippen LogP contribution in [0.4, 0.5) is 0 Å². The predicted octanol–water partition coefficient (Wildman–Crippen LogP) is 2.89. The molecule has 0 unspecified atom stereocenters. The number of benzene rings is 1. The summed E-state index contributed by atoms with van der Waals surface area (Å²) in [6.45, 7) is 0.502. The Balaban J connectivity index is 2.02. The average Bonchev–Trinajstić information content (AvgIpc) is 3.18. The monoisotopic (exact) mass is 317 g/mol. The number of rotatable bonds is 5. The molecule has 2 heterocycles. The van der Waals surface area contributed by atoms with Gasteiger partial charge in [-0.15, -0.1) is 22.8 Å². The van der Waals surface area contributed by atoms with E-state index in [0.717, 1.165) is 11.3 Å². The van der Waals surface area contributed by atoms with E-state index in [9.17, 15) is 0 Å². The zero-order valence-corrected chi connectivity index (χ0v) is 13.1. The summed E-state index contributed by atoms with van der Waals surface area (Å²) in [5.74, 6) is 2.78. The van der Waals surface area contributed by atoms with Crippen molar-refractivity contribution in [3.05, 3.63) is 42.4 Å². The molecule has 0 fully saturated rings. The zero-order valence-electron chi connectivity index (χ0n) is 12.2. The smallest absolute Gasteiger partial charge is 0.188 e. The van der Waals surface area contributed by atoms with Crippen LogP contribution in [0.15, 0.2) is 46.2 Å². The van der Waals surface area contributed by atoms with Gasteiger partial charge in [-0.1, -0.05) is 0 Å². The predicted molar refractivity (Wildman–Crippen MR) is 83.6 cm³/mol. The van der Waals surface area contributed by atoms with Crippen molar-refractivity contribution in [3.63, 3.8) is 0 Å². The van der Waals surface area contributed by atoms with Gasteiger partial charge in [-0.3, -0.25) is 4.57 Å². The first-order valence-corrected chi connectivity index (χ1v) is 7.04. The van der Waals surface area contributed by atoms with E-state index in [1.807, 2.05) is 34.9 Å². The lowest BCUT2D eigenvalue weighted by atomic mass is 10.2. The third-order valence-corrected chi connectivity index (χ3v) is 3.60.